The van der Waals surface area contributed by atoms with E-state index in [1.54, 1.807) is 0 Å². The van der Waals surface area contributed by atoms with Crippen LogP contribution in [0.3, 0.4) is 0 Å². The minimum atomic E-state index is -4.55. The standard InChI is InChI=1S/C4H2F3N5/c5-4(6,7)12-3-2(9-11-12)1-8-10-3/h1H,(H,8,10). The van der Waals surface area contributed by atoms with Crippen molar-refractivity contribution in [1.29, 1.82) is 0 Å². The van der Waals surface area contributed by atoms with Gasteiger partial charge in [-0.25, -0.2) is 0 Å². The van der Waals surface area contributed by atoms with Crippen molar-refractivity contribution < 1.29 is 13.2 Å². The SMILES string of the molecule is FC(F)(F)n1nnc2cn[nH]c21. The number of fused-ring (bicyclic) bond motifs is 1. The Labute approximate surface area is 63.2 Å². The molecule has 2 aromatic rings. The Morgan fingerprint density at radius 3 is 2.83 bits per heavy atom. The van der Waals surface area contributed by atoms with Crippen molar-refractivity contribution in [2.75, 3.05) is 0 Å². The van der Waals surface area contributed by atoms with E-state index in [1.165, 1.54) is 6.20 Å². The highest BCUT2D eigenvalue weighted by Gasteiger charge is 2.34. The number of rotatable bonds is 0. The first-order valence-corrected chi connectivity index (χ1v) is 2.91. The second-order valence-electron chi connectivity index (χ2n) is 2.07. The molecule has 0 saturated heterocycles. The molecule has 0 aliphatic carbocycles. The molecule has 0 atom stereocenters. The maximum absolute atomic E-state index is 12.0. The highest BCUT2D eigenvalue weighted by atomic mass is 19.4. The third-order valence-electron chi connectivity index (χ3n) is 1.29. The zero-order valence-electron chi connectivity index (χ0n) is 5.50. The Morgan fingerprint density at radius 2 is 2.17 bits per heavy atom. The van der Waals surface area contributed by atoms with Gasteiger partial charge in [-0.2, -0.15) is 5.10 Å². The summed E-state index contributed by atoms with van der Waals surface area (Å²) in [5.41, 5.74) is -0.158. The normalized spacial score (nSPS) is 12.6. The summed E-state index contributed by atoms with van der Waals surface area (Å²) in [5.74, 6) is 0. The predicted molar refractivity (Wildman–Crippen MR) is 31.0 cm³/mol. The van der Waals surface area contributed by atoms with Crippen molar-refractivity contribution in [2.45, 2.75) is 6.30 Å². The lowest BCUT2D eigenvalue weighted by Gasteiger charge is -2.03. The van der Waals surface area contributed by atoms with E-state index >= 15 is 0 Å². The average Bonchev–Trinajstić information content (AvgIpc) is 2.37. The molecule has 2 aromatic heterocycles. The molecule has 0 spiro atoms. The Morgan fingerprint density at radius 1 is 1.42 bits per heavy atom. The van der Waals surface area contributed by atoms with Crippen LogP contribution in [-0.2, 0) is 6.30 Å². The molecule has 0 fully saturated rings. The van der Waals surface area contributed by atoms with Crippen molar-refractivity contribution in [2.24, 2.45) is 0 Å². The number of alkyl halides is 3. The fraction of sp³-hybridized carbons (Fsp3) is 0.250. The van der Waals surface area contributed by atoms with Crippen molar-refractivity contribution in [1.82, 2.24) is 25.2 Å². The monoisotopic (exact) mass is 177 g/mol. The van der Waals surface area contributed by atoms with Gasteiger partial charge in [0.05, 0.1) is 6.20 Å². The van der Waals surface area contributed by atoms with Gasteiger partial charge in [-0.05, 0) is 0 Å². The largest absolute Gasteiger partial charge is 0.507 e. The van der Waals surface area contributed by atoms with Gasteiger partial charge in [0.1, 0.15) is 0 Å². The van der Waals surface area contributed by atoms with Crippen LogP contribution in [0.5, 0.6) is 0 Å². The summed E-state index contributed by atoms with van der Waals surface area (Å²) in [5, 5.41) is 11.7. The molecule has 12 heavy (non-hydrogen) atoms. The highest BCUT2D eigenvalue weighted by Crippen LogP contribution is 2.23. The van der Waals surface area contributed by atoms with Crippen LogP contribution in [0, 0.1) is 0 Å². The van der Waals surface area contributed by atoms with Gasteiger partial charge in [-0.15, -0.1) is 23.0 Å². The van der Waals surface area contributed by atoms with Crippen LogP contribution in [0.1, 0.15) is 0 Å². The van der Waals surface area contributed by atoms with Gasteiger partial charge in [0.25, 0.3) is 0 Å². The van der Waals surface area contributed by atoms with Gasteiger partial charge < -0.3 is 0 Å². The molecule has 0 aromatic carbocycles. The molecular formula is C4H2F3N5. The first-order chi connectivity index (χ1) is 5.59. The van der Waals surface area contributed by atoms with Crippen LogP contribution < -0.4 is 0 Å². The first-order valence-electron chi connectivity index (χ1n) is 2.91. The molecule has 5 nitrogen and oxygen atoms in total. The second kappa shape index (κ2) is 1.96. The van der Waals surface area contributed by atoms with E-state index in [-0.39, 0.29) is 15.8 Å². The van der Waals surface area contributed by atoms with Crippen LogP contribution in [0.15, 0.2) is 6.20 Å². The van der Waals surface area contributed by atoms with Gasteiger partial charge in [0, 0.05) is 0 Å². The molecule has 2 rings (SSSR count). The lowest BCUT2D eigenvalue weighted by Crippen LogP contribution is -2.18. The fourth-order valence-electron chi connectivity index (χ4n) is 0.817. The zero-order chi connectivity index (χ0) is 8.77. The number of aromatic nitrogens is 5. The third-order valence-corrected chi connectivity index (χ3v) is 1.29. The quantitative estimate of drug-likeness (QED) is 0.642. The molecule has 64 valence electrons. The molecule has 1 N–H and O–H groups in total. The number of aromatic amines is 1. The summed E-state index contributed by atoms with van der Waals surface area (Å²) in [6.07, 6.45) is -3.38. The van der Waals surface area contributed by atoms with Crippen molar-refractivity contribution in [3.8, 4) is 0 Å². The van der Waals surface area contributed by atoms with E-state index in [1.807, 2.05) is 0 Å². The Balaban J connectivity index is 2.69. The minimum absolute atomic E-state index is 0.0901. The summed E-state index contributed by atoms with van der Waals surface area (Å²) < 4.78 is 36.0. The summed E-state index contributed by atoms with van der Waals surface area (Å²) in [7, 11) is 0. The number of nitrogens with one attached hydrogen (secondary N) is 1. The van der Waals surface area contributed by atoms with E-state index in [9.17, 15) is 13.2 Å². The van der Waals surface area contributed by atoms with Gasteiger partial charge in [0.15, 0.2) is 11.2 Å². The van der Waals surface area contributed by atoms with E-state index in [4.69, 9.17) is 0 Å². The second-order valence-corrected chi connectivity index (χ2v) is 2.07. The molecule has 0 aliphatic rings. The van der Waals surface area contributed by atoms with E-state index in [2.05, 4.69) is 20.5 Å². The summed E-state index contributed by atoms with van der Waals surface area (Å²) >= 11 is 0. The van der Waals surface area contributed by atoms with Gasteiger partial charge in [-0.1, -0.05) is 5.21 Å². The average molecular weight is 177 g/mol. The summed E-state index contributed by atoms with van der Waals surface area (Å²) in [6.45, 7) is 0. The lowest BCUT2D eigenvalue weighted by atomic mass is 10.6. The topological polar surface area (TPSA) is 59.4 Å². The predicted octanol–water partition coefficient (Wildman–Crippen LogP) is 0.631. The van der Waals surface area contributed by atoms with E-state index in [0.29, 0.717) is 0 Å². The van der Waals surface area contributed by atoms with Crippen LogP contribution in [-0.4, -0.2) is 25.2 Å². The molecule has 2 heterocycles. The van der Waals surface area contributed by atoms with Crippen molar-refractivity contribution in [3.63, 3.8) is 0 Å². The Bertz CT molecular complexity index is 398. The number of hydrogen-bond acceptors (Lipinski definition) is 3. The molecule has 8 heteroatoms. The van der Waals surface area contributed by atoms with Crippen LogP contribution in [0.4, 0.5) is 13.2 Å². The fourth-order valence-corrected chi connectivity index (χ4v) is 0.817. The number of nitrogens with zero attached hydrogens (tertiary/aromatic N) is 4. The van der Waals surface area contributed by atoms with Gasteiger partial charge in [0.2, 0.25) is 0 Å². The van der Waals surface area contributed by atoms with Crippen molar-refractivity contribution in [3.05, 3.63) is 6.20 Å². The maximum Gasteiger partial charge on any atom is 0.507 e. The van der Waals surface area contributed by atoms with Gasteiger partial charge >= 0.3 is 6.30 Å². The molecular weight excluding hydrogens is 175 g/mol. The molecule has 0 unspecified atom stereocenters. The summed E-state index contributed by atoms with van der Waals surface area (Å²) in [4.78, 5) is 0. The van der Waals surface area contributed by atoms with E-state index in [0.717, 1.165) is 0 Å². The smallest absolute Gasteiger partial charge is 0.259 e. The maximum atomic E-state index is 12.0. The van der Waals surface area contributed by atoms with Crippen molar-refractivity contribution >= 4 is 11.2 Å². The van der Waals surface area contributed by atoms with Crippen LogP contribution in [0.2, 0.25) is 0 Å². The number of hydrogen-bond donors (Lipinski definition) is 1. The van der Waals surface area contributed by atoms with Crippen LogP contribution >= 0.6 is 0 Å². The molecule has 0 saturated carbocycles. The number of halogens is 3. The van der Waals surface area contributed by atoms with E-state index < -0.39 is 6.30 Å². The molecule has 0 aliphatic heterocycles. The Hall–Kier alpha value is -1.60. The van der Waals surface area contributed by atoms with Crippen LogP contribution in [0.25, 0.3) is 11.2 Å². The first kappa shape index (κ1) is 7.07. The highest BCUT2D eigenvalue weighted by molar-refractivity contribution is 5.68. The Kier molecular flexibility index (Phi) is 1.15. The molecule has 0 radical (unpaired) electrons. The minimum Gasteiger partial charge on any atom is -0.259 e. The molecule has 0 amide bonds. The number of H-pyrrole nitrogens is 1. The zero-order valence-corrected chi connectivity index (χ0v) is 5.50. The van der Waals surface area contributed by atoms with Gasteiger partial charge in [-0.3, -0.25) is 5.10 Å². The summed E-state index contributed by atoms with van der Waals surface area (Å²) in [6, 6.07) is 0. The third kappa shape index (κ3) is 0.840. The lowest BCUT2D eigenvalue weighted by molar-refractivity contribution is -0.210. The molecule has 0 bridgehead atoms.